The van der Waals surface area contributed by atoms with E-state index in [1.807, 2.05) is 85.7 Å². The van der Waals surface area contributed by atoms with Gasteiger partial charge in [0.25, 0.3) is 5.91 Å². The molecule has 0 unspecified atom stereocenters. The number of aliphatic imine (C=N–C) groups is 1. The van der Waals surface area contributed by atoms with E-state index in [0.29, 0.717) is 34.4 Å². The molecule has 0 aliphatic carbocycles. The number of Topliss-reactive ketones (excluding diaryl/α,β-unsaturated/α-hetero) is 1. The van der Waals surface area contributed by atoms with E-state index in [1.54, 1.807) is 24.1 Å². The Morgan fingerprint density at radius 3 is 2.49 bits per heavy atom. The second-order valence-electron chi connectivity index (χ2n) is 8.49. The van der Waals surface area contributed by atoms with Crippen molar-refractivity contribution >= 4 is 45.7 Å². The van der Waals surface area contributed by atoms with Gasteiger partial charge in [0, 0.05) is 31.0 Å². The molecule has 190 valence electrons. The minimum atomic E-state index is -0.124. The summed E-state index contributed by atoms with van der Waals surface area (Å²) in [4.78, 5) is 34.7. The number of rotatable bonds is 9. The molecule has 0 bridgehead atoms. The highest BCUT2D eigenvalue weighted by Crippen LogP contribution is 2.37. The zero-order chi connectivity index (χ0) is 26.4. The molecule has 0 spiro atoms. The van der Waals surface area contributed by atoms with E-state index in [4.69, 9.17) is 9.73 Å². The molecule has 1 saturated heterocycles. The van der Waals surface area contributed by atoms with Crippen molar-refractivity contribution in [1.82, 2.24) is 4.90 Å². The molecule has 3 aromatic carbocycles. The third-order valence-electron chi connectivity index (χ3n) is 5.85. The Bertz CT molecular complexity index is 1340. The molecule has 0 aromatic heterocycles. The minimum Gasteiger partial charge on any atom is -0.497 e. The number of nitrogens with zero attached hydrogens (tertiary/aromatic N) is 3. The molecule has 37 heavy (non-hydrogen) atoms. The number of ether oxygens (including phenoxy) is 1. The smallest absolute Gasteiger partial charge is 0.268 e. The Labute approximate surface area is 221 Å². The first kappa shape index (κ1) is 26.0. The summed E-state index contributed by atoms with van der Waals surface area (Å²) in [6.07, 6.45) is 1.83. The molecule has 3 aromatic rings. The van der Waals surface area contributed by atoms with Crippen LogP contribution in [0.1, 0.15) is 29.8 Å². The summed E-state index contributed by atoms with van der Waals surface area (Å²) in [5, 5.41) is 3.86. The molecule has 1 heterocycles. The van der Waals surface area contributed by atoms with Gasteiger partial charge in [-0.1, -0.05) is 30.3 Å². The van der Waals surface area contributed by atoms with Crippen LogP contribution in [0.5, 0.6) is 5.75 Å². The van der Waals surface area contributed by atoms with Gasteiger partial charge >= 0.3 is 0 Å². The molecule has 1 N–H and O–H groups in total. The fraction of sp³-hybridized carbons (Fsp3) is 0.207. The monoisotopic (exact) mass is 514 g/mol. The number of ketones is 1. The van der Waals surface area contributed by atoms with Crippen LogP contribution in [0, 0.1) is 0 Å². The van der Waals surface area contributed by atoms with Crippen molar-refractivity contribution in [2.24, 2.45) is 4.99 Å². The second kappa shape index (κ2) is 11.8. The van der Waals surface area contributed by atoms with Gasteiger partial charge in [-0.05, 0) is 73.6 Å². The third kappa shape index (κ3) is 6.21. The maximum absolute atomic E-state index is 13.6. The summed E-state index contributed by atoms with van der Waals surface area (Å²) in [7, 11) is 3.53. The average molecular weight is 515 g/mol. The number of amidine groups is 1. The van der Waals surface area contributed by atoms with Crippen LogP contribution in [0.15, 0.2) is 88.9 Å². The topological polar surface area (TPSA) is 74.2 Å². The van der Waals surface area contributed by atoms with Crippen molar-refractivity contribution in [3.8, 4) is 5.75 Å². The number of hydrogen-bond donors (Lipinski definition) is 1. The van der Waals surface area contributed by atoms with Gasteiger partial charge in [0.2, 0.25) is 0 Å². The van der Waals surface area contributed by atoms with Gasteiger partial charge in [0.05, 0.1) is 29.9 Å². The molecule has 0 atom stereocenters. The Balaban J connectivity index is 1.73. The third-order valence-corrected chi connectivity index (χ3v) is 6.84. The van der Waals surface area contributed by atoms with E-state index in [2.05, 4.69) is 5.32 Å². The van der Waals surface area contributed by atoms with Crippen LogP contribution in [-0.4, -0.2) is 42.5 Å². The maximum atomic E-state index is 13.6. The number of thioether (sulfide) groups is 1. The summed E-state index contributed by atoms with van der Waals surface area (Å²) in [5.41, 5.74) is 3.91. The molecule has 1 aliphatic rings. The number of hydrogen-bond acceptors (Lipinski definition) is 7. The van der Waals surface area contributed by atoms with Gasteiger partial charge in [0.15, 0.2) is 11.0 Å². The van der Waals surface area contributed by atoms with E-state index in [0.717, 1.165) is 22.7 Å². The van der Waals surface area contributed by atoms with Gasteiger partial charge in [-0.25, -0.2) is 4.99 Å². The van der Waals surface area contributed by atoms with Crippen LogP contribution >= 0.6 is 11.8 Å². The molecular weight excluding hydrogens is 484 g/mol. The molecule has 0 radical (unpaired) electrons. The average Bonchev–Trinajstić information content (AvgIpc) is 3.19. The summed E-state index contributed by atoms with van der Waals surface area (Å²) in [6, 6.07) is 22.9. The van der Waals surface area contributed by atoms with Crippen molar-refractivity contribution in [2.75, 3.05) is 30.9 Å². The van der Waals surface area contributed by atoms with Crippen molar-refractivity contribution in [2.45, 2.75) is 20.4 Å². The highest BCUT2D eigenvalue weighted by Gasteiger charge is 2.34. The number of amides is 1. The van der Waals surface area contributed by atoms with E-state index < -0.39 is 0 Å². The van der Waals surface area contributed by atoms with Crippen molar-refractivity contribution in [3.05, 3.63) is 95.0 Å². The lowest BCUT2D eigenvalue weighted by Gasteiger charge is -2.17. The number of benzene rings is 3. The summed E-state index contributed by atoms with van der Waals surface area (Å²) in [5.74, 6) is 0.604. The predicted molar refractivity (Wildman–Crippen MR) is 152 cm³/mol. The van der Waals surface area contributed by atoms with Crippen molar-refractivity contribution < 1.29 is 14.3 Å². The first-order valence-electron chi connectivity index (χ1n) is 12.0. The first-order chi connectivity index (χ1) is 17.9. The first-order valence-corrected chi connectivity index (χ1v) is 12.8. The van der Waals surface area contributed by atoms with Crippen LogP contribution in [-0.2, 0) is 11.3 Å². The molecule has 1 amide bonds. The van der Waals surface area contributed by atoms with Gasteiger partial charge in [-0.3, -0.25) is 14.5 Å². The standard InChI is InChI=1S/C29H30N4O3S/c1-5-30-25-16-11-22(20(2)34)17-26(25)31-29-33(18-21-9-7-6-8-10-21)28(35)27(37-29)19-32(3)23-12-14-24(36-4)15-13-23/h6-17,19,30H,5,18H2,1-4H3. The second-order valence-corrected chi connectivity index (χ2v) is 9.50. The fourth-order valence-corrected chi connectivity index (χ4v) is 4.85. The van der Waals surface area contributed by atoms with E-state index in [1.165, 1.54) is 18.7 Å². The number of methoxy groups -OCH3 is 1. The number of nitrogens with one attached hydrogen (secondary N) is 1. The number of anilines is 2. The largest absolute Gasteiger partial charge is 0.497 e. The molecular formula is C29H30N4O3S. The summed E-state index contributed by atoms with van der Waals surface area (Å²) < 4.78 is 5.25. The summed E-state index contributed by atoms with van der Waals surface area (Å²) >= 11 is 1.32. The Morgan fingerprint density at radius 2 is 1.84 bits per heavy atom. The quantitative estimate of drug-likeness (QED) is 0.276. The van der Waals surface area contributed by atoms with Crippen molar-refractivity contribution in [1.29, 1.82) is 0 Å². The maximum Gasteiger partial charge on any atom is 0.268 e. The molecule has 1 fully saturated rings. The Kier molecular flexibility index (Phi) is 8.30. The predicted octanol–water partition coefficient (Wildman–Crippen LogP) is 6.07. The lowest BCUT2D eigenvalue weighted by molar-refractivity contribution is -0.122. The Hall–Kier alpha value is -4.04. The SMILES string of the molecule is CCNc1ccc(C(C)=O)cc1N=C1SC(=CN(C)c2ccc(OC)cc2)C(=O)N1Cc1ccccc1. The number of carbonyl (C=O) groups is 2. The molecule has 7 nitrogen and oxygen atoms in total. The summed E-state index contributed by atoms with van der Waals surface area (Å²) in [6.45, 7) is 4.62. The normalized spacial score (nSPS) is 15.4. The lowest BCUT2D eigenvalue weighted by Crippen LogP contribution is -2.28. The van der Waals surface area contributed by atoms with Gasteiger partial charge in [-0.2, -0.15) is 0 Å². The van der Waals surface area contributed by atoms with Crippen LogP contribution in [0.2, 0.25) is 0 Å². The van der Waals surface area contributed by atoms with Gasteiger partial charge in [-0.15, -0.1) is 0 Å². The minimum absolute atomic E-state index is 0.0394. The van der Waals surface area contributed by atoms with Crippen LogP contribution in [0.3, 0.4) is 0 Å². The highest BCUT2D eigenvalue weighted by molar-refractivity contribution is 8.18. The van der Waals surface area contributed by atoms with Crippen LogP contribution in [0.25, 0.3) is 0 Å². The van der Waals surface area contributed by atoms with Crippen LogP contribution < -0.4 is 15.0 Å². The van der Waals surface area contributed by atoms with E-state index >= 15 is 0 Å². The lowest BCUT2D eigenvalue weighted by atomic mass is 10.1. The van der Waals surface area contributed by atoms with E-state index in [-0.39, 0.29) is 11.7 Å². The fourth-order valence-electron chi connectivity index (χ4n) is 3.84. The van der Waals surface area contributed by atoms with Gasteiger partial charge < -0.3 is 15.0 Å². The molecule has 1 aliphatic heterocycles. The zero-order valence-electron chi connectivity index (χ0n) is 21.4. The van der Waals surface area contributed by atoms with Crippen molar-refractivity contribution in [3.63, 3.8) is 0 Å². The van der Waals surface area contributed by atoms with Gasteiger partial charge in [0.1, 0.15) is 5.75 Å². The Morgan fingerprint density at radius 1 is 1.11 bits per heavy atom. The molecule has 8 heteroatoms. The molecule has 4 rings (SSSR count). The zero-order valence-corrected chi connectivity index (χ0v) is 22.2. The van der Waals surface area contributed by atoms with E-state index in [9.17, 15) is 9.59 Å². The molecule has 0 saturated carbocycles. The number of carbonyl (C=O) groups excluding carboxylic acids is 2. The van der Waals surface area contributed by atoms with Crippen LogP contribution in [0.4, 0.5) is 17.1 Å². The highest BCUT2D eigenvalue weighted by atomic mass is 32.2.